The van der Waals surface area contributed by atoms with E-state index >= 15 is 0 Å². The standard InChI is InChI=1S/C19H26N2O3/c22-18(13-24-16-8-4-5-9-16)21-17(19(23)20-15-10-11-15)12-14-6-2-1-3-7-14/h1-3,6-7,15-17H,4-5,8-13H2,(H,20,23)(H,21,22). The van der Waals surface area contributed by atoms with Crippen LogP contribution < -0.4 is 10.6 Å². The molecular weight excluding hydrogens is 304 g/mol. The van der Waals surface area contributed by atoms with Gasteiger partial charge in [-0.05, 0) is 31.2 Å². The molecule has 1 aromatic carbocycles. The number of nitrogens with one attached hydrogen (secondary N) is 2. The minimum absolute atomic E-state index is 0.0344. The van der Waals surface area contributed by atoms with Crippen LogP contribution in [-0.4, -0.2) is 36.6 Å². The van der Waals surface area contributed by atoms with E-state index < -0.39 is 6.04 Å². The lowest BCUT2D eigenvalue weighted by atomic mass is 10.1. The van der Waals surface area contributed by atoms with Crippen LogP contribution in [0.5, 0.6) is 0 Å². The van der Waals surface area contributed by atoms with Crippen molar-refractivity contribution < 1.29 is 14.3 Å². The second-order valence-electron chi connectivity index (χ2n) is 6.81. The normalized spacial score (nSPS) is 19.0. The fraction of sp³-hybridized carbons (Fsp3) is 0.579. The molecule has 0 spiro atoms. The van der Waals surface area contributed by atoms with Gasteiger partial charge in [-0.3, -0.25) is 9.59 Å². The molecule has 1 atom stereocenters. The van der Waals surface area contributed by atoms with E-state index in [0.29, 0.717) is 6.42 Å². The summed E-state index contributed by atoms with van der Waals surface area (Å²) in [4.78, 5) is 24.6. The van der Waals surface area contributed by atoms with Crippen LogP contribution in [0.15, 0.2) is 30.3 Å². The summed E-state index contributed by atoms with van der Waals surface area (Å²) in [6.45, 7) is 0.0344. The highest BCUT2D eigenvalue weighted by Crippen LogP contribution is 2.21. The predicted molar refractivity (Wildman–Crippen MR) is 91.4 cm³/mol. The van der Waals surface area contributed by atoms with Crippen molar-refractivity contribution in [1.29, 1.82) is 0 Å². The first-order valence-corrected chi connectivity index (χ1v) is 8.96. The fourth-order valence-corrected chi connectivity index (χ4v) is 3.07. The predicted octanol–water partition coefficient (Wildman–Crippen LogP) is 1.95. The summed E-state index contributed by atoms with van der Waals surface area (Å²) in [5, 5.41) is 5.83. The summed E-state index contributed by atoms with van der Waals surface area (Å²) in [6, 6.07) is 9.50. The summed E-state index contributed by atoms with van der Waals surface area (Å²) in [5.41, 5.74) is 1.03. The van der Waals surface area contributed by atoms with Crippen molar-refractivity contribution in [3.05, 3.63) is 35.9 Å². The second kappa shape index (κ2) is 8.29. The number of amides is 2. The average Bonchev–Trinajstić information content (AvgIpc) is 3.24. The van der Waals surface area contributed by atoms with Crippen LogP contribution in [0.3, 0.4) is 0 Å². The van der Waals surface area contributed by atoms with Crippen LogP contribution in [0.2, 0.25) is 0 Å². The Morgan fingerprint density at radius 1 is 1.08 bits per heavy atom. The van der Waals surface area contributed by atoms with Gasteiger partial charge in [-0.15, -0.1) is 0 Å². The Hall–Kier alpha value is -1.88. The second-order valence-corrected chi connectivity index (χ2v) is 6.81. The van der Waals surface area contributed by atoms with Gasteiger partial charge in [0.25, 0.3) is 0 Å². The summed E-state index contributed by atoms with van der Waals surface area (Å²) < 4.78 is 5.65. The molecule has 2 saturated carbocycles. The Kier molecular flexibility index (Phi) is 5.86. The Balaban J connectivity index is 1.53. The van der Waals surface area contributed by atoms with E-state index in [1.165, 1.54) is 12.8 Å². The monoisotopic (exact) mass is 330 g/mol. The fourth-order valence-electron chi connectivity index (χ4n) is 3.07. The first-order chi connectivity index (χ1) is 11.7. The minimum atomic E-state index is -0.548. The lowest BCUT2D eigenvalue weighted by Gasteiger charge is -2.19. The Morgan fingerprint density at radius 2 is 1.79 bits per heavy atom. The number of carbonyl (C=O) groups excluding carboxylic acids is 2. The lowest BCUT2D eigenvalue weighted by molar-refractivity contribution is -0.132. The van der Waals surface area contributed by atoms with E-state index in [9.17, 15) is 9.59 Å². The molecule has 0 saturated heterocycles. The van der Waals surface area contributed by atoms with Crippen LogP contribution >= 0.6 is 0 Å². The highest BCUT2D eigenvalue weighted by atomic mass is 16.5. The molecule has 2 aliphatic rings. The topological polar surface area (TPSA) is 67.4 Å². The van der Waals surface area contributed by atoms with Gasteiger partial charge in [0, 0.05) is 12.5 Å². The summed E-state index contributed by atoms with van der Waals surface area (Å²) in [6.07, 6.45) is 7.16. The molecule has 0 heterocycles. The maximum absolute atomic E-state index is 12.4. The summed E-state index contributed by atoms with van der Waals surface area (Å²) in [7, 11) is 0. The third kappa shape index (κ3) is 5.34. The third-order valence-corrected chi connectivity index (χ3v) is 4.61. The zero-order chi connectivity index (χ0) is 16.8. The molecule has 3 rings (SSSR count). The van der Waals surface area contributed by atoms with Crippen molar-refractivity contribution in [1.82, 2.24) is 10.6 Å². The van der Waals surface area contributed by atoms with Gasteiger partial charge in [-0.1, -0.05) is 43.2 Å². The van der Waals surface area contributed by atoms with Crippen LogP contribution in [0, 0.1) is 0 Å². The average molecular weight is 330 g/mol. The van der Waals surface area contributed by atoms with Crippen LogP contribution in [0.4, 0.5) is 0 Å². The van der Waals surface area contributed by atoms with Gasteiger partial charge in [0.15, 0.2) is 0 Å². The highest BCUT2D eigenvalue weighted by Gasteiger charge is 2.28. The van der Waals surface area contributed by atoms with Crippen LogP contribution in [0.25, 0.3) is 0 Å². The molecule has 2 N–H and O–H groups in total. The van der Waals surface area contributed by atoms with E-state index in [1.54, 1.807) is 0 Å². The number of ether oxygens (including phenoxy) is 1. The van der Waals surface area contributed by atoms with Crippen molar-refractivity contribution >= 4 is 11.8 Å². The summed E-state index contributed by atoms with van der Waals surface area (Å²) >= 11 is 0. The molecule has 0 aliphatic heterocycles. The van der Waals surface area contributed by atoms with Gasteiger partial charge in [-0.25, -0.2) is 0 Å². The Bertz CT molecular complexity index is 551. The van der Waals surface area contributed by atoms with Gasteiger partial charge in [0.2, 0.25) is 11.8 Å². The molecule has 130 valence electrons. The molecule has 2 fully saturated rings. The molecule has 24 heavy (non-hydrogen) atoms. The number of hydrogen-bond donors (Lipinski definition) is 2. The van der Waals surface area contributed by atoms with Gasteiger partial charge in [-0.2, -0.15) is 0 Å². The van der Waals surface area contributed by atoms with Gasteiger partial charge in [0.05, 0.1) is 6.10 Å². The first-order valence-electron chi connectivity index (χ1n) is 8.96. The van der Waals surface area contributed by atoms with Gasteiger partial charge >= 0.3 is 0 Å². The van der Waals surface area contributed by atoms with E-state index in [1.807, 2.05) is 30.3 Å². The number of carbonyl (C=O) groups is 2. The maximum Gasteiger partial charge on any atom is 0.246 e. The number of benzene rings is 1. The zero-order valence-corrected chi connectivity index (χ0v) is 14.0. The molecule has 5 heteroatoms. The van der Waals surface area contributed by atoms with Crippen molar-refractivity contribution in [2.75, 3.05) is 6.61 Å². The summed E-state index contributed by atoms with van der Waals surface area (Å²) in [5.74, 6) is -0.315. The molecular formula is C19H26N2O3. The number of hydrogen-bond acceptors (Lipinski definition) is 3. The molecule has 5 nitrogen and oxygen atoms in total. The Morgan fingerprint density at radius 3 is 2.46 bits per heavy atom. The smallest absolute Gasteiger partial charge is 0.246 e. The molecule has 0 aromatic heterocycles. The van der Waals surface area contributed by atoms with Crippen LogP contribution in [0.1, 0.15) is 44.1 Å². The molecule has 1 unspecified atom stereocenters. The van der Waals surface area contributed by atoms with Gasteiger partial charge in [0.1, 0.15) is 12.6 Å². The molecule has 2 aliphatic carbocycles. The molecule has 2 amide bonds. The van der Waals surface area contributed by atoms with Gasteiger partial charge < -0.3 is 15.4 Å². The number of rotatable bonds is 8. The maximum atomic E-state index is 12.4. The SMILES string of the molecule is O=C(COC1CCCC1)NC(Cc1ccccc1)C(=O)NC1CC1. The minimum Gasteiger partial charge on any atom is -0.368 e. The van der Waals surface area contributed by atoms with E-state index in [0.717, 1.165) is 31.2 Å². The largest absolute Gasteiger partial charge is 0.368 e. The van der Waals surface area contributed by atoms with Crippen molar-refractivity contribution in [2.45, 2.75) is 63.1 Å². The van der Waals surface area contributed by atoms with Crippen molar-refractivity contribution in [3.63, 3.8) is 0 Å². The van der Waals surface area contributed by atoms with Crippen molar-refractivity contribution in [3.8, 4) is 0 Å². The lowest BCUT2D eigenvalue weighted by Crippen LogP contribution is -2.49. The first kappa shape index (κ1) is 17.0. The third-order valence-electron chi connectivity index (χ3n) is 4.61. The molecule has 1 aromatic rings. The van der Waals surface area contributed by atoms with E-state index in [4.69, 9.17) is 4.74 Å². The van der Waals surface area contributed by atoms with E-state index in [2.05, 4.69) is 10.6 Å². The quantitative estimate of drug-likeness (QED) is 0.765. The Labute approximate surface area is 143 Å². The van der Waals surface area contributed by atoms with E-state index in [-0.39, 0.29) is 30.6 Å². The highest BCUT2D eigenvalue weighted by molar-refractivity contribution is 5.88. The van der Waals surface area contributed by atoms with Crippen LogP contribution in [-0.2, 0) is 20.7 Å². The van der Waals surface area contributed by atoms with Crippen molar-refractivity contribution in [2.24, 2.45) is 0 Å². The molecule has 0 radical (unpaired) electrons. The zero-order valence-electron chi connectivity index (χ0n) is 14.0. The molecule has 0 bridgehead atoms.